The molecule has 0 amide bonds. The molecule has 2 aromatic rings. The quantitative estimate of drug-likeness (QED) is 0.562. The molecule has 2 rings (SSSR count). The lowest BCUT2D eigenvalue weighted by molar-refractivity contribution is 0.372. The molecule has 0 heterocycles. The summed E-state index contributed by atoms with van der Waals surface area (Å²) in [6.07, 6.45) is 2.05. The summed E-state index contributed by atoms with van der Waals surface area (Å²) in [4.78, 5) is 0. The zero-order valence-electron chi connectivity index (χ0n) is 10.2. The second-order valence-electron chi connectivity index (χ2n) is 3.99. The van der Waals surface area contributed by atoms with Gasteiger partial charge >= 0.3 is 0 Å². The molecule has 0 bridgehead atoms. The Morgan fingerprint density at radius 2 is 1.59 bits per heavy atom. The van der Waals surface area contributed by atoms with Crippen molar-refractivity contribution in [3.05, 3.63) is 71.3 Å². The summed E-state index contributed by atoms with van der Waals surface area (Å²) in [6, 6.07) is 18.5. The lowest BCUT2D eigenvalue weighted by Gasteiger charge is -2.07. The zero-order chi connectivity index (χ0) is 12.1. The molecule has 17 heavy (non-hydrogen) atoms. The first-order chi connectivity index (χ1) is 8.29. The predicted octanol–water partition coefficient (Wildman–Crippen LogP) is 4.14. The minimum Gasteiger partial charge on any atom is -0.496 e. The van der Waals surface area contributed by atoms with Gasteiger partial charge in [0.1, 0.15) is 5.76 Å². The molecule has 0 aliphatic carbocycles. The summed E-state index contributed by atoms with van der Waals surface area (Å²) in [5.74, 6) is 0.885. The minimum absolute atomic E-state index is 0.885. The maximum absolute atomic E-state index is 5.44. The fourth-order valence-corrected chi connectivity index (χ4v) is 1.68. The van der Waals surface area contributed by atoms with E-state index in [0.29, 0.717) is 0 Å². The lowest BCUT2D eigenvalue weighted by atomic mass is 10.1. The highest BCUT2D eigenvalue weighted by Gasteiger charge is 2.00. The van der Waals surface area contributed by atoms with Gasteiger partial charge in [-0.25, -0.2) is 0 Å². The number of methoxy groups -OCH3 is 1. The summed E-state index contributed by atoms with van der Waals surface area (Å²) >= 11 is 0. The van der Waals surface area contributed by atoms with Crippen molar-refractivity contribution in [2.45, 2.75) is 6.92 Å². The van der Waals surface area contributed by atoms with Crippen LogP contribution in [0.15, 0.2) is 54.6 Å². The Balaban J connectivity index is 2.34. The van der Waals surface area contributed by atoms with Gasteiger partial charge in [0.05, 0.1) is 7.11 Å². The van der Waals surface area contributed by atoms with Crippen molar-refractivity contribution in [3.8, 4) is 0 Å². The van der Waals surface area contributed by atoms with E-state index in [4.69, 9.17) is 4.74 Å². The first kappa shape index (κ1) is 11.5. The van der Waals surface area contributed by atoms with E-state index in [1.807, 2.05) is 24.3 Å². The normalized spacial score (nSPS) is 11.3. The van der Waals surface area contributed by atoms with Crippen LogP contribution in [0.25, 0.3) is 11.8 Å². The van der Waals surface area contributed by atoms with Crippen LogP contribution in [0.3, 0.4) is 0 Å². The van der Waals surface area contributed by atoms with E-state index in [9.17, 15) is 0 Å². The SMILES string of the molecule is CO/C(=C/c1ccccc1)c1ccc(C)cc1. The Morgan fingerprint density at radius 3 is 2.18 bits per heavy atom. The molecule has 86 valence electrons. The number of hydrogen-bond acceptors (Lipinski definition) is 1. The third-order valence-corrected chi connectivity index (χ3v) is 2.65. The molecule has 0 aliphatic heterocycles. The van der Waals surface area contributed by atoms with Gasteiger partial charge in [0, 0.05) is 5.56 Å². The van der Waals surface area contributed by atoms with Crippen LogP contribution < -0.4 is 0 Å². The lowest BCUT2D eigenvalue weighted by Crippen LogP contribution is -1.87. The fraction of sp³-hybridized carbons (Fsp3) is 0.125. The van der Waals surface area contributed by atoms with Crippen molar-refractivity contribution in [3.63, 3.8) is 0 Å². The molecule has 0 spiro atoms. The predicted molar refractivity (Wildman–Crippen MR) is 72.5 cm³/mol. The first-order valence-corrected chi connectivity index (χ1v) is 5.67. The largest absolute Gasteiger partial charge is 0.496 e. The van der Waals surface area contributed by atoms with Crippen LogP contribution in [-0.2, 0) is 4.74 Å². The third kappa shape index (κ3) is 2.97. The standard InChI is InChI=1S/C16H16O/c1-13-8-10-15(11-9-13)16(17-2)12-14-6-4-3-5-7-14/h3-12H,1-2H3/b16-12+. The molecule has 0 saturated heterocycles. The first-order valence-electron chi connectivity index (χ1n) is 5.67. The zero-order valence-corrected chi connectivity index (χ0v) is 10.2. The molecule has 0 aliphatic rings. The topological polar surface area (TPSA) is 9.23 Å². The van der Waals surface area contributed by atoms with Gasteiger partial charge in [-0.15, -0.1) is 0 Å². The minimum atomic E-state index is 0.885. The van der Waals surface area contributed by atoms with E-state index in [1.165, 1.54) is 5.56 Å². The molecule has 0 atom stereocenters. The monoisotopic (exact) mass is 224 g/mol. The van der Waals surface area contributed by atoms with Crippen LogP contribution in [0.5, 0.6) is 0 Å². The number of benzene rings is 2. The third-order valence-electron chi connectivity index (χ3n) is 2.65. The Labute approximate surface area is 102 Å². The summed E-state index contributed by atoms with van der Waals surface area (Å²) in [7, 11) is 1.70. The van der Waals surface area contributed by atoms with Crippen molar-refractivity contribution in [1.29, 1.82) is 0 Å². The number of aryl methyl sites for hydroxylation is 1. The highest BCUT2D eigenvalue weighted by Crippen LogP contribution is 2.19. The van der Waals surface area contributed by atoms with Crippen molar-refractivity contribution in [1.82, 2.24) is 0 Å². The van der Waals surface area contributed by atoms with Gasteiger partial charge in [-0.1, -0.05) is 60.2 Å². The van der Waals surface area contributed by atoms with Crippen molar-refractivity contribution in [2.75, 3.05) is 7.11 Å². The van der Waals surface area contributed by atoms with Crippen LogP contribution in [-0.4, -0.2) is 7.11 Å². The molecule has 0 unspecified atom stereocenters. The summed E-state index contributed by atoms with van der Waals surface area (Å²) in [5, 5.41) is 0. The molecule has 1 nitrogen and oxygen atoms in total. The van der Waals surface area contributed by atoms with Crippen molar-refractivity contribution in [2.24, 2.45) is 0 Å². The highest BCUT2D eigenvalue weighted by molar-refractivity contribution is 5.77. The van der Waals surface area contributed by atoms with E-state index < -0.39 is 0 Å². The van der Waals surface area contributed by atoms with E-state index in [2.05, 4.69) is 43.3 Å². The fourth-order valence-electron chi connectivity index (χ4n) is 1.68. The average Bonchev–Trinajstić information content (AvgIpc) is 2.38. The molecule has 1 heteroatoms. The number of ether oxygens (including phenoxy) is 1. The van der Waals surface area contributed by atoms with Crippen LogP contribution in [0.1, 0.15) is 16.7 Å². The Hall–Kier alpha value is -2.02. The van der Waals surface area contributed by atoms with Crippen molar-refractivity contribution >= 4 is 11.8 Å². The van der Waals surface area contributed by atoms with E-state index in [1.54, 1.807) is 7.11 Å². The van der Waals surface area contributed by atoms with Gasteiger partial charge in [-0.3, -0.25) is 0 Å². The van der Waals surface area contributed by atoms with Crippen LogP contribution >= 0.6 is 0 Å². The molecular weight excluding hydrogens is 208 g/mol. The second-order valence-corrected chi connectivity index (χ2v) is 3.99. The summed E-state index contributed by atoms with van der Waals surface area (Å²) < 4.78 is 5.44. The van der Waals surface area contributed by atoms with Gasteiger partial charge in [0.15, 0.2) is 0 Å². The molecule has 2 aromatic carbocycles. The van der Waals surface area contributed by atoms with Crippen LogP contribution in [0.4, 0.5) is 0 Å². The van der Waals surface area contributed by atoms with Gasteiger partial charge in [0.2, 0.25) is 0 Å². The Morgan fingerprint density at radius 1 is 0.941 bits per heavy atom. The average molecular weight is 224 g/mol. The Bertz CT molecular complexity index is 495. The molecule has 0 radical (unpaired) electrons. The van der Waals surface area contributed by atoms with Crippen LogP contribution in [0, 0.1) is 6.92 Å². The smallest absolute Gasteiger partial charge is 0.126 e. The van der Waals surface area contributed by atoms with E-state index >= 15 is 0 Å². The molecule has 0 fully saturated rings. The van der Waals surface area contributed by atoms with Gasteiger partial charge < -0.3 is 4.74 Å². The highest BCUT2D eigenvalue weighted by atomic mass is 16.5. The Kier molecular flexibility index (Phi) is 3.61. The number of hydrogen-bond donors (Lipinski definition) is 0. The van der Waals surface area contributed by atoms with Gasteiger partial charge in [-0.2, -0.15) is 0 Å². The summed E-state index contributed by atoms with van der Waals surface area (Å²) in [5.41, 5.74) is 3.50. The maximum atomic E-state index is 5.44. The van der Waals surface area contributed by atoms with Crippen LogP contribution in [0.2, 0.25) is 0 Å². The molecule has 0 saturated carbocycles. The van der Waals surface area contributed by atoms with Gasteiger partial charge in [-0.05, 0) is 18.6 Å². The van der Waals surface area contributed by atoms with Gasteiger partial charge in [0.25, 0.3) is 0 Å². The molecule has 0 N–H and O–H groups in total. The summed E-state index contributed by atoms with van der Waals surface area (Å²) in [6.45, 7) is 2.08. The maximum Gasteiger partial charge on any atom is 0.126 e. The number of rotatable bonds is 3. The van der Waals surface area contributed by atoms with Crippen molar-refractivity contribution < 1.29 is 4.74 Å². The van der Waals surface area contributed by atoms with E-state index in [0.717, 1.165) is 16.9 Å². The molecular formula is C16H16O. The van der Waals surface area contributed by atoms with E-state index in [-0.39, 0.29) is 0 Å². The second kappa shape index (κ2) is 5.35. The molecule has 0 aromatic heterocycles.